The van der Waals surface area contributed by atoms with Crippen molar-refractivity contribution in [2.75, 3.05) is 5.75 Å². The zero-order valence-electron chi connectivity index (χ0n) is 15.8. The number of fused-ring (bicyclic) bond motifs is 1. The lowest BCUT2D eigenvalue weighted by atomic mass is 10.0. The van der Waals surface area contributed by atoms with E-state index in [0.717, 1.165) is 31.8 Å². The number of hydrogen-bond acceptors (Lipinski definition) is 4. The molecule has 1 amide bonds. The smallest absolute Gasteiger partial charge is 0.252 e. The van der Waals surface area contributed by atoms with Crippen LogP contribution in [0.5, 0.6) is 0 Å². The Morgan fingerprint density at radius 2 is 1.79 bits per heavy atom. The normalized spacial score (nSPS) is 11.0. The molecule has 1 N–H and O–H groups in total. The summed E-state index contributed by atoms with van der Waals surface area (Å²) in [4.78, 5) is 12.9. The van der Waals surface area contributed by atoms with E-state index in [1.807, 2.05) is 71.3 Å². The Balaban J connectivity index is 1.61. The van der Waals surface area contributed by atoms with Crippen molar-refractivity contribution in [2.24, 2.45) is 0 Å². The second-order valence-corrected chi connectivity index (χ2v) is 8.50. The van der Waals surface area contributed by atoms with Gasteiger partial charge < -0.3 is 5.32 Å². The zero-order chi connectivity index (χ0) is 20.2. The summed E-state index contributed by atoms with van der Waals surface area (Å²) in [5.74, 6) is 1.45. The number of nitrogens with zero attached hydrogens (tertiary/aromatic N) is 3. The number of halogens is 1. The molecule has 3 aromatic carbocycles. The number of carbonyl (C=O) groups is 1. The fourth-order valence-corrected chi connectivity index (χ4v) is 4.13. The predicted molar refractivity (Wildman–Crippen MR) is 121 cm³/mol. The number of nitrogens with one attached hydrogen (secondary N) is 1. The molecule has 0 saturated carbocycles. The molecule has 4 aromatic rings. The quantitative estimate of drug-likeness (QED) is 0.395. The molecule has 0 spiro atoms. The van der Waals surface area contributed by atoms with E-state index in [2.05, 4.69) is 38.4 Å². The summed E-state index contributed by atoms with van der Waals surface area (Å²) in [5, 5.41) is 14.4. The lowest BCUT2D eigenvalue weighted by Gasteiger charge is -2.11. The minimum Gasteiger partial charge on any atom is -0.345 e. The number of amides is 1. The van der Waals surface area contributed by atoms with Crippen LogP contribution in [-0.2, 0) is 6.54 Å². The second kappa shape index (κ2) is 8.80. The van der Waals surface area contributed by atoms with E-state index in [1.54, 1.807) is 11.8 Å². The number of carbonyl (C=O) groups excluding carboxylic acids is 1. The summed E-state index contributed by atoms with van der Waals surface area (Å²) in [6.07, 6.45) is 0. The SMILES string of the molecule is CCSc1nnc(CNC(=O)c2cccc3ccccc23)n1-c1ccc(Br)cc1. The van der Waals surface area contributed by atoms with E-state index in [9.17, 15) is 4.79 Å². The molecule has 5 nitrogen and oxygen atoms in total. The highest BCUT2D eigenvalue weighted by atomic mass is 79.9. The van der Waals surface area contributed by atoms with Crippen LogP contribution < -0.4 is 5.32 Å². The van der Waals surface area contributed by atoms with Gasteiger partial charge in [0, 0.05) is 15.7 Å². The topological polar surface area (TPSA) is 59.8 Å². The molecule has 146 valence electrons. The monoisotopic (exact) mass is 466 g/mol. The Morgan fingerprint density at radius 3 is 2.59 bits per heavy atom. The standard InChI is InChI=1S/C22H19BrN4OS/c1-2-29-22-26-25-20(27(22)17-12-10-16(23)11-13-17)14-24-21(28)19-9-5-7-15-6-3-4-8-18(15)19/h3-13H,2,14H2,1H3,(H,24,28). The molecule has 0 aliphatic carbocycles. The van der Waals surface area contributed by atoms with E-state index in [0.29, 0.717) is 11.4 Å². The highest BCUT2D eigenvalue weighted by Crippen LogP contribution is 2.23. The molecule has 0 bridgehead atoms. The zero-order valence-corrected chi connectivity index (χ0v) is 18.2. The highest BCUT2D eigenvalue weighted by molar-refractivity contribution is 9.10. The third-order valence-electron chi connectivity index (χ3n) is 4.50. The number of aromatic nitrogens is 3. The van der Waals surface area contributed by atoms with Crippen molar-refractivity contribution < 1.29 is 4.79 Å². The molecular formula is C22H19BrN4OS. The molecular weight excluding hydrogens is 448 g/mol. The van der Waals surface area contributed by atoms with Crippen LogP contribution >= 0.6 is 27.7 Å². The van der Waals surface area contributed by atoms with E-state index in [-0.39, 0.29) is 12.5 Å². The summed E-state index contributed by atoms with van der Waals surface area (Å²) in [5.41, 5.74) is 1.62. The number of hydrogen-bond donors (Lipinski definition) is 1. The lowest BCUT2D eigenvalue weighted by molar-refractivity contribution is 0.0951. The summed E-state index contributed by atoms with van der Waals surface area (Å²) in [6.45, 7) is 2.36. The maximum absolute atomic E-state index is 12.9. The van der Waals surface area contributed by atoms with E-state index < -0.39 is 0 Å². The fraction of sp³-hybridized carbons (Fsp3) is 0.136. The first-order chi connectivity index (χ1) is 14.2. The van der Waals surface area contributed by atoms with Crippen LogP contribution in [0.1, 0.15) is 23.1 Å². The summed E-state index contributed by atoms with van der Waals surface area (Å²) < 4.78 is 2.99. The lowest BCUT2D eigenvalue weighted by Crippen LogP contribution is -2.25. The van der Waals surface area contributed by atoms with Crippen LogP contribution in [0.3, 0.4) is 0 Å². The van der Waals surface area contributed by atoms with Crippen LogP contribution in [0, 0.1) is 0 Å². The maximum atomic E-state index is 12.9. The molecule has 0 radical (unpaired) electrons. The molecule has 29 heavy (non-hydrogen) atoms. The van der Waals surface area contributed by atoms with Gasteiger partial charge in [0.25, 0.3) is 5.91 Å². The van der Waals surface area contributed by atoms with Crippen molar-refractivity contribution in [3.8, 4) is 5.69 Å². The van der Waals surface area contributed by atoms with Crippen LogP contribution in [0.15, 0.2) is 76.4 Å². The largest absolute Gasteiger partial charge is 0.345 e. The van der Waals surface area contributed by atoms with Crippen LogP contribution in [-0.4, -0.2) is 26.4 Å². The van der Waals surface area contributed by atoms with Gasteiger partial charge in [-0.25, -0.2) is 0 Å². The van der Waals surface area contributed by atoms with Gasteiger partial charge in [-0.1, -0.05) is 71.0 Å². The number of rotatable bonds is 6. The maximum Gasteiger partial charge on any atom is 0.252 e. The van der Waals surface area contributed by atoms with Gasteiger partial charge in [-0.2, -0.15) is 0 Å². The van der Waals surface area contributed by atoms with Crippen LogP contribution in [0.25, 0.3) is 16.5 Å². The highest BCUT2D eigenvalue weighted by Gasteiger charge is 2.16. The summed E-state index contributed by atoms with van der Waals surface area (Å²) >= 11 is 5.09. The van der Waals surface area contributed by atoms with Gasteiger partial charge in [0.1, 0.15) is 0 Å². The minimum atomic E-state index is -0.128. The van der Waals surface area contributed by atoms with Crippen molar-refractivity contribution >= 4 is 44.4 Å². The van der Waals surface area contributed by atoms with E-state index in [4.69, 9.17) is 0 Å². The van der Waals surface area contributed by atoms with Crippen molar-refractivity contribution in [2.45, 2.75) is 18.6 Å². The van der Waals surface area contributed by atoms with Crippen LogP contribution in [0.4, 0.5) is 0 Å². The van der Waals surface area contributed by atoms with Crippen molar-refractivity contribution in [1.29, 1.82) is 0 Å². The molecule has 0 fully saturated rings. The van der Waals surface area contributed by atoms with Gasteiger partial charge in [0.05, 0.1) is 6.54 Å². The Kier molecular flexibility index (Phi) is 5.97. The molecule has 0 atom stereocenters. The molecule has 1 heterocycles. The average Bonchev–Trinajstić information content (AvgIpc) is 3.15. The second-order valence-electron chi connectivity index (χ2n) is 6.35. The molecule has 1 aromatic heterocycles. The third-order valence-corrected chi connectivity index (χ3v) is 5.84. The number of thioether (sulfide) groups is 1. The summed E-state index contributed by atoms with van der Waals surface area (Å²) in [6, 6.07) is 21.6. The first kappa shape index (κ1) is 19.7. The Bertz CT molecular complexity index is 1150. The molecule has 0 unspecified atom stereocenters. The third kappa shape index (κ3) is 4.21. The van der Waals surface area contributed by atoms with Gasteiger partial charge in [0.15, 0.2) is 11.0 Å². The van der Waals surface area contributed by atoms with E-state index >= 15 is 0 Å². The minimum absolute atomic E-state index is 0.128. The molecule has 0 aliphatic rings. The van der Waals surface area contributed by atoms with Crippen molar-refractivity contribution in [3.63, 3.8) is 0 Å². The fourth-order valence-electron chi connectivity index (χ4n) is 3.16. The van der Waals surface area contributed by atoms with Gasteiger partial charge >= 0.3 is 0 Å². The van der Waals surface area contributed by atoms with Gasteiger partial charge in [0.2, 0.25) is 0 Å². The predicted octanol–water partition coefficient (Wildman–Crippen LogP) is 5.23. The van der Waals surface area contributed by atoms with Gasteiger partial charge in [-0.3, -0.25) is 9.36 Å². The van der Waals surface area contributed by atoms with Gasteiger partial charge in [-0.15, -0.1) is 10.2 Å². The van der Waals surface area contributed by atoms with Gasteiger partial charge in [-0.05, 0) is 46.9 Å². The first-order valence-electron chi connectivity index (χ1n) is 9.26. The van der Waals surface area contributed by atoms with Crippen LogP contribution in [0.2, 0.25) is 0 Å². The average molecular weight is 467 g/mol. The summed E-state index contributed by atoms with van der Waals surface area (Å²) in [7, 11) is 0. The Hall–Kier alpha value is -2.64. The molecule has 0 saturated heterocycles. The Morgan fingerprint density at radius 1 is 1.03 bits per heavy atom. The van der Waals surface area contributed by atoms with E-state index in [1.165, 1.54) is 0 Å². The molecule has 4 rings (SSSR count). The first-order valence-corrected chi connectivity index (χ1v) is 11.0. The molecule has 7 heteroatoms. The number of benzene rings is 3. The van der Waals surface area contributed by atoms with Crippen molar-refractivity contribution in [3.05, 3.63) is 82.6 Å². The van der Waals surface area contributed by atoms with Crippen molar-refractivity contribution in [1.82, 2.24) is 20.1 Å². The molecule has 0 aliphatic heterocycles. The Labute approximate surface area is 181 Å².